The summed E-state index contributed by atoms with van der Waals surface area (Å²) < 4.78 is 67.8. The normalized spacial score (nSPS) is 29.5. The minimum Gasteiger partial charge on any atom is -0.394 e. The monoisotopic (exact) mass is 1380 g/mol. The van der Waals surface area contributed by atoms with Gasteiger partial charge in [0, 0.05) is 59.5 Å². The molecule has 0 spiro atoms. The zero-order chi connectivity index (χ0) is 69.8. The largest absolute Gasteiger partial charge is 0.394 e. The Hall–Kier alpha value is -5.10. The Morgan fingerprint density at radius 3 is 1.25 bits per heavy atom. The number of aliphatic hydroxyl groups excluding tert-OH is 9. The van der Waals surface area contributed by atoms with E-state index in [9.17, 15) is 89.0 Å². The molecule has 36 nitrogen and oxygen atoms in total. The highest BCUT2D eigenvalue weighted by atomic mass is 31.2. The summed E-state index contributed by atoms with van der Waals surface area (Å²) in [6.45, 7) is 0.488. The second-order valence-corrected chi connectivity index (χ2v) is 25.1. The van der Waals surface area contributed by atoms with E-state index in [0.29, 0.717) is 36.8 Å². The van der Waals surface area contributed by atoms with Crippen molar-refractivity contribution in [2.45, 2.75) is 163 Å². The van der Waals surface area contributed by atoms with E-state index >= 15 is 0 Å². The van der Waals surface area contributed by atoms with Gasteiger partial charge in [0.25, 0.3) is 0 Å². The van der Waals surface area contributed by atoms with Gasteiger partial charge in [-0.1, -0.05) is 24.3 Å². The van der Waals surface area contributed by atoms with Crippen LogP contribution >= 0.6 is 7.60 Å². The summed E-state index contributed by atoms with van der Waals surface area (Å²) in [5.74, 6) is -4.10. The van der Waals surface area contributed by atoms with Gasteiger partial charge >= 0.3 is 7.60 Å². The first-order valence-corrected chi connectivity index (χ1v) is 33.4. The molecule has 17 atom stereocenters. The maximum absolute atomic E-state index is 14.5. The standard InChI is InChI=1S/C58H97N8O28P/c1-32(70)63-45-51(78)48(75)40(29-67)91-56(45)88-22-19-85-16-13-59-43(73)27-66(28-44(74)60-14-17-86-20-23-89-57-46(64-33(2)71)52(79)49(76)41(30-68)92-57)39(25-35-5-7-36(8-6-35)26-62-54(81)37-9-11-38(12-10-37)94-95(4,83)84)55(82)61-15-18-87-21-24-90-58-47(65-34(3)72)53(80)50(77)42(31-69)93-58/h5-8,37-42,45-53,56-58,67-69,75-80H,9-31H2,1-4H3,(H,59,73)(H,60,74)(H,61,82)(H,62,81)(H,63,70)(H,64,71)(H,65,72)(H,83,84)/t37-,38+,39?,40?,41?,42?,45?,46?,47?,48?,49?,50?,51?,52?,53?,56?,57?,58?. The summed E-state index contributed by atoms with van der Waals surface area (Å²) in [6.07, 6.45) is -15.4. The van der Waals surface area contributed by atoms with Crippen LogP contribution in [0.1, 0.15) is 57.6 Å². The van der Waals surface area contributed by atoms with E-state index in [0.717, 1.165) is 6.66 Å². The lowest BCUT2D eigenvalue weighted by Crippen LogP contribution is -2.64. The molecule has 5 rings (SSSR count). The number of hydrogen-bond donors (Lipinski definition) is 17. The lowest BCUT2D eigenvalue weighted by molar-refractivity contribution is -0.272. The number of rotatable bonds is 40. The fourth-order valence-electron chi connectivity index (χ4n) is 10.9. The first-order valence-electron chi connectivity index (χ1n) is 31.4. The van der Waals surface area contributed by atoms with Crippen molar-refractivity contribution in [2.24, 2.45) is 5.92 Å². The van der Waals surface area contributed by atoms with Gasteiger partial charge in [0.1, 0.15) is 73.1 Å². The molecule has 1 aliphatic carbocycles. The van der Waals surface area contributed by atoms with Crippen LogP contribution in [-0.2, 0) is 98.2 Å². The summed E-state index contributed by atoms with van der Waals surface area (Å²) in [5, 5.41) is 110. The average molecular weight is 1390 g/mol. The van der Waals surface area contributed by atoms with Gasteiger partial charge in [-0.05, 0) is 43.2 Å². The van der Waals surface area contributed by atoms with E-state index in [1.807, 2.05) is 0 Å². The number of hydrogen-bond acceptors (Lipinski definition) is 28. The molecule has 7 amide bonds. The minimum atomic E-state index is -3.69. The summed E-state index contributed by atoms with van der Waals surface area (Å²) in [5.41, 5.74) is 1.27. The molecular weight excluding hydrogens is 1290 g/mol. The highest BCUT2D eigenvalue weighted by molar-refractivity contribution is 7.51. The Bertz CT molecular complexity index is 2500. The van der Waals surface area contributed by atoms with Gasteiger partial charge in [0.2, 0.25) is 41.4 Å². The Morgan fingerprint density at radius 2 is 0.895 bits per heavy atom. The van der Waals surface area contributed by atoms with E-state index in [1.54, 1.807) is 24.3 Å². The molecule has 4 fully saturated rings. The van der Waals surface area contributed by atoms with Gasteiger partial charge < -0.3 is 135 Å². The quantitative estimate of drug-likeness (QED) is 0.0214. The molecule has 4 aliphatic rings. The maximum atomic E-state index is 14.5. The van der Waals surface area contributed by atoms with Gasteiger partial charge in [0.05, 0.1) is 105 Å². The second kappa shape index (κ2) is 41.3. The maximum Gasteiger partial charge on any atom is 0.325 e. The number of benzene rings is 1. The number of amides is 7. The van der Waals surface area contributed by atoms with Crippen LogP contribution in [0.5, 0.6) is 0 Å². The zero-order valence-corrected chi connectivity index (χ0v) is 54.6. The van der Waals surface area contributed by atoms with Crippen molar-refractivity contribution in [1.82, 2.24) is 42.1 Å². The molecule has 3 aliphatic heterocycles. The molecule has 0 radical (unpaired) electrons. The number of nitrogens with one attached hydrogen (secondary N) is 7. The molecule has 1 aromatic rings. The summed E-state index contributed by atoms with van der Waals surface area (Å²) in [4.78, 5) is 102. The van der Waals surface area contributed by atoms with Gasteiger partial charge in [-0.25, -0.2) is 0 Å². The van der Waals surface area contributed by atoms with Crippen LogP contribution in [0.3, 0.4) is 0 Å². The Labute approximate surface area is 549 Å². The fraction of sp³-hybridized carbons (Fsp3) is 0.776. The molecule has 3 saturated heterocycles. The fourth-order valence-corrected chi connectivity index (χ4v) is 11.7. The van der Waals surface area contributed by atoms with Crippen LogP contribution in [0.4, 0.5) is 0 Å². The van der Waals surface area contributed by atoms with Gasteiger partial charge in [-0.15, -0.1) is 0 Å². The van der Waals surface area contributed by atoms with Crippen LogP contribution < -0.4 is 37.2 Å². The van der Waals surface area contributed by atoms with Gasteiger partial charge in [0.15, 0.2) is 18.9 Å². The second-order valence-electron chi connectivity index (χ2n) is 23.3. The van der Waals surface area contributed by atoms with Crippen molar-refractivity contribution in [2.75, 3.05) is 119 Å². The van der Waals surface area contributed by atoms with Crippen LogP contribution in [0.2, 0.25) is 0 Å². The van der Waals surface area contributed by atoms with E-state index in [2.05, 4.69) is 37.2 Å². The molecule has 1 aromatic carbocycles. The third-order valence-electron chi connectivity index (χ3n) is 15.7. The topological polar surface area (TPSA) is 519 Å². The number of ether oxygens (including phenoxy) is 9. The molecule has 17 N–H and O–H groups in total. The van der Waals surface area contributed by atoms with Crippen molar-refractivity contribution >= 4 is 48.9 Å². The Balaban J connectivity index is 1.25. The van der Waals surface area contributed by atoms with Crippen molar-refractivity contribution in [1.29, 1.82) is 0 Å². The number of aliphatic hydroxyl groups is 9. The van der Waals surface area contributed by atoms with E-state index in [-0.39, 0.29) is 104 Å². The zero-order valence-electron chi connectivity index (χ0n) is 53.7. The predicted octanol–water partition coefficient (Wildman–Crippen LogP) is -7.81. The first-order chi connectivity index (χ1) is 45.2. The van der Waals surface area contributed by atoms with Crippen molar-refractivity contribution < 1.29 is 136 Å². The third kappa shape index (κ3) is 27.3. The van der Waals surface area contributed by atoms with Crippen LogP contribution in [0.15, 0.2) is 24.3 Å². The molecule has 0 aromatic heterocycles. The van der Waals surface area contributed by atoms with Crippen molar-refractivity contribution in [3.05, 3.63) is 35.4 Å². The van der Waals surface area contributed by atoms with E-state index in [4.69, 9.17) is 47.2 Å². The first kappa shape index (κ1) is 80.6. The average Bonchev–Trinajstić information content (AvgIpc) is 0.862. The molecule has 3 heterocycles. The number of carbonyl (C=O) groups excluding carboxylic acids is 7. The summed E-state index contributed by atoms with van der Waals surface area (Å²) in [6, 6.07) is 2.09. The van der Waals surface area contributed by atoms with E-state index < -0.39 is 180 Å². The van der Waals surface area contributed by atoms with Gasteiger partial charge in [-0.3, -0.25) is 43.0 Å². The summed E-state index contributed by atoms with van der Waals surface area (Å²) in [7, 11) is -3.69. The highest BCUT2D eigenvalue weighted by Gasteiger charge is 2.48. The highest BCUT2D eigenvalue weighted by Crippen LogP contribution is 2.42. The lowest BCUT2D eigenvalue weighted by atomic mass is 9.87. The molecule has 542 valence electrons. The molecule has 95 heavy (non-hydrogen) atoms. The predicted molar refractivity (Wildman–Crippen MR) is 325 cm³/mol. The Kier molecular flexibility index (Phi) is 35.1. The summed E-state index contributed by atoms with van der Waals surface area (Å²) >= 11 is 0. The minimum absolute atomic E-state index is 0.0803. The Morgan fingerprint density at radius 1 is 0.526 bits per heavy atom. The molecule has 37 heteroatoms. The number of nitrogens with zero attached hydrogens (tertiary/aromatic N) is 1. The lowest BCUT2D eigenvalue weighted by Gasteiger charge is -2.42. The number of carbonyl (C=O) groups is 7. The van der Waals surface area contributed by atoms with Crippen LogP contribution in [0.25, 0.3) is 0 Å². The van der Waals surface area contributed by atoms with Crippen molar-refractivity contribution in [3.8, 4) is 0 Å². The van der Waals surface area contributed by atoms with E-state index in [1.165, 1.54) is 25.7 Å². The SMILES string of the molecule is CC(=O)NC1C(OCCOCCNC(=O)CN(CC(=O)NCCOCCOC2OC(CO)C(O)C(O)C2NC(C)=O)C(Cc2ccc(CNC(=O)[C@H]3CC[C@@H](OP(C)(=O)O)CC3)cc2)C(=O)NCCOCCOC2OC(CO)C(O)C(O)C2NC(C)=O)OC(CO)C(O)C1O. The van der Waals surface area contributed by atoms with Gasteiger partial charge in [-0.2, -0.15) is 0 Å². The van der Waals surface area contributed by atoms with Crippen LogP contribution in [-0.4, -0.2) is 320 Å². The molecule has 0 bridgehead atoms. The third-order valence-corrected chi connectivity index (χ3v) is 16.4. The molecule has 1 saturated carbocycles. The molecular formula is C58H97N8O28P. The smallest absolute Gasteiger partial charge is 0.325 e. The molecule has 17 unspecified atom stereocenters. The van der Waals surface area contributed by atoms with Crippen LogP contribution in [0, 0.1) is 5.92 Å². The van der Waals surface area contributed by atoms with Crippen molar-refractivity contribution in [3.63, 3.8) is 0 Å².